The number of rotatable bonds is 5. The second kappa shape index (κ2) is 7.77. The first kappa shape index (κ1) is 18.9. The van der Waals surface area contributed by atoms with E-state index >= 15 is 0 Å². The third-order valence-electron chi connectivity index (χ3n) is 4.65. The summed E-state index contributed by atoms with van der Waals surface area (Å²) >= 11 is 0. The zero-order chi connectivity index (χ0) is 19.6. The predicted octanol–water partition coefficient (Wildman–Crippen LogP) is 0.160. The number of amides is 4. The summed E-state index contributed by atoms with van der Waals surface area (Å²) in [5.41, 5.74) is 3.64. The van der Waals surface area contributed by atoms with Gasteiger partial charge in [0, 0.05) is 31.9 Å². The maximum atomic E-state index is 12.9. The number of nitrogens with one attached hydrogen (secondary N) is 2. The van der Waals surface area contributed by atoms with Crippen molar-refractivity contribution in [2.75, 3.05) is 45.2 Å². The molecule has 2 heterocycles. The van der Waals surface area contributed by atoms with Crippen LogP contribution in [0.25, 0.3) is 0 Å². The number of urea groups is 1. The van der Waals surface area contributed by atoms with Crippen molar-refractivity contribution in [2.24, 2.45) is 5.92 Å². The van der Waals surface area contributed by atoms with Crippen molar-refractivity contribution in [3.8, 4) is 5.75 Å². The van der Waals surface area contributed by atoms with Crippen molar-refractivity contribution in [1.29, 1.82) is 0 Å². The zero-order valence-electron chi connectivity index (χ0n) is 15.4. The SMILES string of the molecule is C=C(NN1CCN(C)CC1)[C@@H]1C(=O)NC(=O)N(c2ccc(OC)cc2)C1=O. The zero-order valence-corrected chi connectivity index (χ0v) is 15.4. The van der Waals surface area contributed by atoms with E-state index < -0.39 is 23.8 Å². The Morgan fingerprint density at radius 3 is 2.37 bits per heavy atom. The first-order valence-electron chi connectivity index (χ1n) is 8.62. The summed E-state index contributed by atoms with van der Waals surface area (Å²) in [6.07, 6.45) is 0. The number of imide groups is 2. The Balaban J connectivity index is 1.76. The number of ether oxygens (including phenoxy) is 1. The number of hydrazine groups is 1. The molecule has 1 atom stereocenters. The van der Waals surface area contributed by atoms with Gasteiger partial charge in [0.2, 0.25) is 5.91 Å². The number of likely N-dealkylation sites (N-methyl/N-ethyl adjacent to an activating group) is 1. The van der Waals surface area contributed by atoms with Gasteiger partial charge in [0.1, 0.15) is 5.75 Å². The number of nitrogens with zero attached hydrogens (tertiary/aromatic N) is 3. The molecule has 144 valence electrons. The van der Waals surface area contributed by atoms with Crippen molar-refractivity contribution < 1.29 is 19.1 Å². The van der Waals surface area contributed by atoms with Gasteiger partial charge in [0.25, 0.3) is 5.91 Å². The summed E-state index contributed by atoms with van der Waals surface area (Å²) in [5, 5.41) is 4.14. The van der Waals surface area contributed by atoms with Gasteiger partial charge in [-0.25, -0.2) is 14.7 Å². The van der Waals surface area contributed by atoms with Gasteiger partial charge < -0.3 is 15.1 Å². The topological polar surface area (TPSA) is 94.2 Å². The average molecular weight is 373 g/mol. The van der Waals surface area contributed by atoms with Gasteiger partial charge in [-0.1, -0.05) is 6.58 Å². The van der Waals surface area contributed by atoms with E-state index in [1.165, 1.54) is 7.11 Å². The third kappa shape index (κ3) is 3.93. The van der Waals surface area contributed by atoms with Crippen molar-refractivity contribution in [1.82, 2.24) is 20.7 Å². The summed E-state index contributed by atoms with van der Waals surface area (Å²) in [6.45, 7) is 7.06. The van der Waals surface area contributed by atoms with Gasteiger partial charge in [-0.05, 0) is 31.3 Å². The van der Waals surface area contributed by atoms with E-state index in [0.29, 0.717) is 11.4 Å². The molecule has 2 fully saturated rings. The molecule has 2 N–H and O–H groups in total. The van der Waals surface area contributed by atoms with Crippen LogP contribution in [0.4, 0.5) is 10.5 Å². The second-order valence-electron chi connectivity index (χ2n) is 6.53. The number of benzene rings is 1. The summed E-state index contributed by atoms with van der Waals surface area (Å²) in [4.78, 5) is 40.6. The molecule has 27 heavy (non-hydrogen) atoms. The van der Waals surface area contributed by atoms with Gasteiger partial charge in [0.05, 0.1) is 12.8 Å². The number of piperazine rings is 1. The van der Waals surface area contributed by atoms with E-state index in [-0.39, 0.29) is 5.70 Å². The van der Waals surface area contributed by atoms with Crippen LogP contribution in [0.2, 0.25) is 0 Å². The van der Waals surface area contributed by atoms with Gasteiger partial charge in [-0.15, -0.1) is 0 Å². The van der Waals surface area contributed by atoms with Crippen LogP contribution >= 0.6 is 0 Å². The highest BCUT2D eigenvalue weighted by molar-refractivity contribution is 6.28. The predicted molar refractivity (Wildman–Crippen MR) is 98.9 cm³/mol. The molecule has 0 saturated carbocycles. The van der Waals surface area contributed by atoms with Crippen LogP contribution < -0.4 is 20.4 Å². The van der Waals surface area contributed by atoms with Crippen LogP contribution in [0.5, 0.6) is 5.75 Å². The maximum Gasteiger partial charge on any atom is 0.335 e. The molecular formula is C18H23N5O4. The van der Waals surface area contributed by atoms with Crippen LogP contribution in [0, 0.1) is 5.92 Å². The standard InChI is InChI=1S/C18H23N5O4/c1-12(20-22-10-8-21(2)9-11-22)15-16(24)19-18(26)23(17(15)25)13-4-6-14(27-3)7-5-13/h4-7,15,20H,1,8-11H2,2-3H3,(H,19,24,26)/t15-/m1/s1. The maximum absolute atomic E-state index is 12.9. The lowest BCUT2D eigenvalue weighted by molar-refractivity contribution is -0.133. The van der Waals surface area contributed by atoms with E-state index in [2.05, 4.69) is 22.2 Å². The minimum atomic E-state index is -1.19. The number of anilines is 1. The summed E-state index contributed by atoms with van der Waals surface area (Å²) < 4.78 is 5.09. The number of carbonyl (C=O) groups is 3. The van der Waals surface area contributed by atoms with E-state index in [1.54, 1.807) is 24.3 Å². The molecule has 0 aliphatic carbocycles. The Labute approximate surface area is 157 Å². The van der Waals surface area contributed by atoms with Crippen molar-refractivity contribution in [2.45, 2.75) is 0 Å². The highest BCUT2D eigenvalue weighted by Gasteiger charge is 2.43. The van der Waals surface area contributed by atoms with Crippen molar-refractivity contribution >= 4 is 23.5 Å². The number of methoxy groups -OCH3 is 1. The smallest absolute Gasteiger partial charge is 0.335 e. The molecule has 1 aromatic carbocycles. The van der Waals surface area contributed by atoms with Crippen molar-refractivity contribution in [3.05, 3.63) is 36.5 Å². The lowest BCUT2D eigenvalue weighted by Gasteiger charge is -2.36. The van der Waals surface area contributed by atoms with Gasteiger partial charge in [-0.3, -0.25) is 14.9 Å². The average Bonchev–Trinajstić information content (AvgIpc) is 2.64. The first-order chi connectivity index (χ1) is 12.9. The molecule has 9 heteroatoms. The number of hydrogen-bond donors (Lipinski definition) is 2. The normalized spacial score (nSPS) is 21.8. The van der Waals surface area contributed by atoms with E-state index in [9.17, 15) is 14.4 Å². The first-order valence-corrected chi connectivity index (χ1v) is 8.62. The minimum absolute atomic E-state index is 0.244. The largest absolute Gasteiger partial charge is 0.497 e. The van der Waals surface area contributed by atoms with E-state index in [1.807, 2.05) is 12.1 Å². The summed E-state index contributed by atoms with van der Waals surface area (Å²) in [5.74, 6) is -1.91. The Hall–Kier alpha value is -2.91. The van der Waals surface area contributed by atoms with Crippen LogP contribution in [-0.2, 0) is 9.59 Å². The summed E-state index contributed by atoms with van der Waals surface area (Å²) in [7, 11) is 3.55. The Morgan fingerprint density at radius 2 is 1.78 bits per heavy atom. The molecule has 9 nitrogen and oxygen atoms in total. The van der Waals surface area contributed by atoms with Gasteiger partial charge in [0.15, 0.2) is 5.92 Å². The molecule has 3 rings (SSSR count). The molecule has 0 unspecified atom stereocenters. The van der Waals surface area contributed by atoms with Gasteiger partial charge in [-0.2, -0.15) is 0 Å². The molecule has 0 spiro atoms. The molecule has 4 amide bonds. The summed E-state index contributed by atoms with van der Waals surface area (Å²) in [6, 6.07) is 5.66. The van der Waals surface area contributed by atoms with E-state index in [0.717, 1.165) is 31.1 Å². The fraction of sp³-hybridized carbons (Fsp3) is 0.389. The Kier molecular flexibility index (Phi) is 5.43. The third-order valence-corrected chi connectivity index (χ3v) is 4.65. The van der Waals surface area contributed by atoms with E-state index in [4.69, 9.17) is 4.74 Å². The lowest BCUT2D eigenvalue weighted by atomic mass is 10.0. The Bertz CT molecular complexity index is 756. The fourth-order valence-corrected chi connectivity index (χ4v) is 3.04. The molecule has 0 aromatic heterocycles. The van der Waals surface area contributed by atoms with Crippen LogP contribution in [-0.4, -0.2) is 68.1 Å². The molecular weight excluding hydrogens is 350 g/mol. The number of carbonyl (C=O) groups excluding carboxylic acids is 3. The minimum Gasteiger partial charge on any atom is -0.497 e. The molecule has 0 radical (unpaired) electrons. The molecule has 0 bridgehead atoms. The van der Waals surface area contributed by atoms with Crippen LogP contribution in [0.15, 0.2) is 36.5 Å². The molecule has 2 saturated heterocycles. The number of hydrogen-bond acceptors (Lipinski definition) is 7. The number of barbiturate groups is 1. The second-order valence-corrected chi connectivity index (χ2v) is 6.53. The lowest BCUT2D eigenvalue weighted by Crippen LogP contribution is -2.61. The van der Waals surface area contributed by atoms with Crippen LogP contribution in [0.1, 0.15) is 0 Å². The van der Waals surface area contributed by atoms with Crippen LogP contribution in [0.3, 0.4) is 0 Å². The highest BCUT2D eigenvalue weighted by atomic mass is 16.5. The monoisotopic (exact) mass is 373 g/mol. The van der Waals surface area contributed by atoms with Crippen molar-refractivity contribution in [3.63, 3.8) is 0 Å². The fourth-order valence-electron chi connectivity index (χ4n) is 3.04. The molecule has 1 aromatic rings. The molecule has 2 aliphatic rings. The highest BCUT2D eigenvalue weighted by Crippen LogP contribution is 2.25. The van der Waals surface area contributed by atoms with Gasteiger partial charge >= 0.3 is 6.03 Å². The molecule has 2 aliphatic heterocycles. The Morgan fingerprint density at radius 1 is 1.15 bits per heavy atom. The quantitative estimate of drug-likeness (QED) is 0.710.